The van der Waals surface area contributed by atoms with Gasteiger partial charge in [-0.25, -0.2) is 0 Å². The molecular formula is C25H19Br2NO3. The lowest BCUT2D eigenvalue weighted by atomic mass is 9.71. The van der Waals surface area contributed by atoms with Crippen molar-refractivity contribution in [3.8, 4) is 0 Å². The van der Waals surface area contributed by atoms with Crippen LogP contribution in [0.3, 0.4) is 0 Å². The van der Waals surface area contributed by atoms with E-state index in [0.29, 0.717) is 20.9 Å². The van der Waals surface area contributed by atoms with Gasteiger partial charge in [0.15, 0.2) is 15.1 Å². The predicted molar refractivity (Wildman–Crippen MR) is 125 cm³/mol. The maximum atomic E-state index is 14.2. The summed E-state index contributed by atoms with van der Waals surface area (Å²) in [6, 6.07) is 26.6. The smallest absolute Gasteiger partial charge is 0.169 e. The minimum atomic E-state index is -0.404. The summed E-state index contributed by atoms with van der Waals surface area (Å²) in [5.74, 6) is 0.733. The molecule has 4 atom stereocenters. The van der Waals surface area contributed by atoms with Crippen LogP contribution in [0, 0.1) is 0 Å². The summed E-state index contributed by atoms with van der Waals surface area (Å²) in [5.41, 5.74) is 1.91. The lowest BCUT2D eigenvalue weighted by molar-refractivity contribution is -0.126. The fourth-order valence-electron chi connectivity index (χ4n) is 4.43. The molecule has 1 aliphatic heterocycles. The van der Waals surface area contributed by atoms with E-state index in [1.54, 1.807) is 0 Å². The number of carbonyl (C=O) groups is 1. The number of furan rings is 2. The van der Waals surface area contributed by atoms with Gasteiger partial charge in [-0.1, -0.05) is 60.7 Å². The molecule has 0 unspecified atom stereocenters. The van der Waals surface area contributed by atoms with Crippen molar-refractivity contribution in [1.82, 2.24) is 5.32 Å². The van der Waals surface area contributed by atoms with Crippen molar-refractivity contribution in [3.05, 3.63) is 117 Å². The Morgan fingerprint density at radius 2 is 1.03 bits per heavy atom. The van der Waals surface area contributed by atoms with E-state index in [0.717, 1.165) is 11.1 Å². The fourth-order valence-corrected chi connectivity index (χ4v) is 5.06. The zero-order chi connectivity index (χ0) is 21.4. The second-order valence-corrected chi connectivity index (χ2v) is 9.15. The number of ketones is 1. The van der Waals surface area contributed by atoms with Crippen molar-refractivity contribution >= 4 is 37.6 Å². The molecule has 4 nitrogen and oxygen atoms in total. The number of rotatable bonds is 4. The van der Waals surface area contributed by atoms with Crippen LogP contribution in [0.2, 0.25) is 0 Å². The lowest BCUT2D eigenvalue weighted by Crippen LogP contribution is -2.46. The Kier molecular flexibility index (Phi) is 5.69. The Balaban J connectivity index is 1.66. The first kappa shape index (κ1) is 20.5. The zero-order valence-electron chi connectivity index (χ0n) is 16.4. The van der Waals surface area contributed by atoms with Crippen LogP contribution in [0.5, 0.6) is 0 Å². The van der Waals surface area contributed by atoms with Gasteiger partial charge < -0.3 is 8.83 Å². The Morgan fingerprint density at radius 1 is 0.613 bits per heavy atom. The second-order valence-electron chi connectivity index (χ2n) is 7.58. The summed E-state index contributed by atoms with van der Waals surface area (Å²) in [4.78, 5) is 14.2. The van der Waals surface area contributed by atoms with Gasteiger partial charge >= 0.3 is 0 Å². The molecule has 4 aromatic rings. The molecule has 1 saturated heterocycles. The van der Waals surface area contributed by atoms with Crippen LogP contribution in [0.1, 0.15) is 46.6 Å². The number of nitrogens with one attached hydrogen (secondary N) is 1. The highest BCUT2D eigenvalue weighted by atomic mass is 79.9. The molecule has 0 aliphatic carbocycles. The summed E-state index contributed by atoms with van der Waals surface area (Å²) in [6.45, 7) is 0. The number of Topliss-reactive ketones (excluding diaryl/α,β-unsaturated/α-hetero) is 1. The molecule has 0 saturated carbocycles. The van der Waals surface area contributed by atoms with Crippen LogP contribution < -0.4 is 5.32 Å². The Hall–Kier alpha value is -2.41. The first-order valence-corrected chi connectivity index (χ1v) is 11.6. The maximum Gasteiger partial charge on any atom is 0.169 e. The van der Waals surface area contributed by atoms with Crippen LogP contribution in [-0.4, -0.2) is 5.78 Å². The van der Waals surface area contributed by atoms with E-state index in [1.165, 1.54) is 0 Å². The minimum Gasteiger partial charge on any atom is -0.453 e. The van der Waals surface area contributed by atoms with E-state index >= 15 is 0 Å². The van der Waals surface area contributed by atoms with Gasteiger partial charge in [-0.15, -0.1) is 0 Å². The first-order chi connectivity index (χ1) is 15.1. The average Bonchev–Trinajstić information content (AvgIpc) is 3.42. The van der Waals surface area contributed by atoms with Gasteiger partial charge in [0.25, 0.3) is 0 Å². The van der Waals surface area contributed by atoms with Gasteiger partial charge in [0.2, 0.25) is 0 Å². The van der Waals surface area contributed by atoms with Gasteiger partial charge in [-0.05, 0) is 67.3 Å². The number of hydrogen-bond acceptors (Lipinski definition) is 4. The van der Waals surface area contributed by atoms with E-state index in [9.17, 15) is 4.79 Å². The third-order valence-corrected chi connectivity index (χ3v) is 6.61. The maximum absolute atomic E-state index is 14.2. The van der Waals surface area contributed by atoms with Crippen molar-refractivity contribution in [2.45, 2.75) is 23.9 Å². The molecule has 1 N–H and O–H groups in total. The second kappa shape index (κ2) is 8.61. The molecular weight excluding hydrogens is 522 g/mol. The Labute approximate surface area is 196 Å². The minimum absolute atomic E-state index is 0.131. The molecule has 1 aliphatic rings. The summed E-state index contributed by atoms with van der Waals surface area (Å²) in [6.07, 6.45) is 0. The molecule has 5 rings (SSSR count). The average molecular weight is 541 g/mol. The number of carbonyl (C=O) groups excluding carboxylic acids is 1. The third-order valence-electron chi connectivity index (χ3n) is 5.76. The van der Waals surface area contributed by atoms with Crippen LogP contribution in [0.15, 0.2) is 103 Å². The topological polar surface area (TPSA) is 55.4 Å². The molecule has 0 radical (unpaired) electrons. The number of hydrogen-bond donors (Lipinski definition) is 1. The van der Waals surface area contributed by atoms with Gasteiger partial charge in [-0.3, -0.25) is 10.1 Å². The summed E-state index contributed by atoms with van der Waals surface area (Å²) in [7, 11) is 0. The molecule has 6 heteroatoms. The van der Waals surface area contributed by atoms with Gasteiger partial charge in [0, 0.05) is 0 Å². The van der Waals surface area contributed by atoms with Gasteiger partial charge in [0.1, 0.15) is 11.5 Å². The fraction of sp³-hybridized carbons (Fsp3) is 0.160. The monoisotopic (exact) mass is 539 g/mol. The SMILES string of the molecule is O=C1[C@H](c2ccccc2)[C@H](c2ccc(Br)o2)N[C@@H](c2ccc(Br)o2)[C@H]1c1ccccc1. The highest BCUT2D eigenvalue weighted by Crippen LogP contribution is 2.48. The highest BCUT2D eigenvalue weighted by molar-refractivity contribution is 9.10. The molecule has 2 aromatic heterocycles. The molecule has 0 amide bonds. The molecule has 0 spiro atoms. The van der Waals surface area contributed by atoms with Gasteiger partial charge in [-0.2, -0.15) is 0 Å². The quantitative estimate of drug-likeness (QED) is 0.305. The van der Waals surface area contributed by atoms with Crippen molar-refractivity contribution in [2.24, 2.45) is 0 Å². The highest BCUT2D eigenvalue weighted by Gasteiger charge is 2.48. The van der Waals surface area contributed by atoms with E-state index in [1.807, 2.05) is 84.9 Å². The number of piperidine rings is 1. The summed E-state index contributed by atoms with van der Waals surface area (Å²) < 4.78 is 13.1. The Bertz CT molecular complexity index is 1090. The predicted octanol–water partition coefficient (Wildman–Crippen LogP) is 6.92. The van der Waals surface area contributed by atoms with Gasteiger partial charge in [0.05, 0.1) is 23.9 Å². The van der Waals surface area contributed by atoms with E-state index in [4.69, 9.17) is 8.83 Å². The molecule has 1 fully saturated rings. The Morgan fingerprint density at radius 3 is 1.39 bits per heavy atom. The molecule has 156 valence electrons. The van der Waals surface area contributed by atoms with E-state index in [-0.39, 0.29) is 17.9 Å². The first-order valence-electron chi connectivity index (χ1n) is 10.0. The van der Waals surface area contributed by atoms with Crippen LogP contribution in [0.25, 0.3) is 0 Å². The van der Waals surface area contributed by atoms with E-state index in [2.05, 4.69) is 37.2 Å². The normalized spacial score (nSPS) is 23.7. The molecule has 3 heterocycles. The standard InChI is InChI=1S/C25H19Br2NO3/c26-19-13-11-17(30-19)23-21(15-7-3-1-4-8-15)25(29)22(16-9-5-2-6-10-16)24(28-23)18-12-14-20(27)31-18/h1-14,21-24,28H/t21-,22-,23+,24+/m1/s1. The van der Waals surface area contributed by atoms with Crippen LogP contribution >= 0.6 is 31.9 Å². The zero-order valence-corrected chi connectivity index (χ0v) is 19.5. The molecule has 2 aromatic carbocycles. The molecule has 0 bridgehead atoms. The van der Waals surface area contributed by atoms with Crippen molar-refractivity contribution in [1.29, 1.82) is 0 Å². The largest absolute Gasteiger partial charge is 0.453 e. The van der Waals surface area contributed by atoms with Crippen LogP contribution in [0.4, 0.5) is 0 Å². The third kappa shape index (κ3) is 3.95. The molecule has 31 heavy (non-hydrogen) atoms. The number of halogens is 2. The van der Waals surface area contributed by atoms with Crippen molar-refractivity contribution in [3.63, 3.8) is 0 Å². The summed E-state index contributed by atoms with van der Waals surface area (Å²) in [5, 5.41) is 3.69. The van der Waals surface area contributed by atoms with Crippen molar-refractivity contribution < 1.29 is 13.6 Å². The van der Waals surface area contributed by atoms with E-state index < -0.39 is 11.8 Å². The van der Waals surface area contributed by atoms with Crippen molar-refractivity contribution in [2.75, 3.05) is 0 Å². The summed E-state index contributed by atoms with van der Waals surface area (Å²) >= 11 is 6.80. The van der Waals surface area contributed by atoms with Crippen LogP contribution in [-0.2, 0) is 4.79 Å². The number of benzene rings is 2. The lowest BCUT2D eigenvalue weighted by Gasteiger charge is -2.40.